The summed E-state index contributed by atoms with van der Waals surface area (Å²) < 4.78 is 4.41. The van der Waals surface area contributed by atoms with Crippen LogP contribution in [0.15, 0.2) is 24.8 Å². The highest BCUT2D eigenvalue weighted by Gasteiger charge is 2.14. The lowest BCUT2D eigenvalue weighted by molar-refractivity contribution is 0.521. The van der Waals surface area contributed by atoms with E-state index in [1.807, 2.05) is 10.8 Å². The van der Waals surface area contributed by atoms with Crippen LogP contribution in [0.3, 0.4) is 0 Å². The first-order valence-electron chi connectivity index (χ1n) is 6.09. The van der Waals surface area contributed by atoms with Crippen LogP contribution in [-0.4, -0.2) is 29.4 Å². The molecule has 0 aromatic carbocycles. The van der Waals surface area contributed by atoms with Gasteiger partial charge in [0.2, 0.25) is 0 Å². The molecule has 3 aromatic heterocycles. The fraction of sp³-hybridized carbons (Fsp3) is 0.333. The second kappa shape index (κ2) is 4.58. The third-order valence-corrected chi connectivity index (χ3v) is 3.18. The molecule has 0 amide bonds. The molecule has 3 aromatic rings. The van der Waals surface area contributed by atoms with Crippen molar-refractivity contribution in [1.82, 2.24) is 29.4 Å². The topological polar surface area (TPSA) is 63.8 Å². The molecule has 0 bridgehead atoms. The van der Waals surface area contributed by atoms with Gasteiger partial charge in [-0.25, -0.2) is 4.52 Å². The normalized spacial score (nSPS) is 11.5. The third kappa shape index (κ3) is 2.06. The van der Waals surface area contributed by atoms with Crippen molar-refractivity contribution in [1.29, 1.82) is 0 Å². The molecule has 19 heavy (non-hydrogen) atoms. The predicted octanol–water partition coefficient (Wildman–Crippen LogP) is 2.31. The highest BCUT2D eigenvalue weighted by molar-refractivity contribution is 7.71. The number of rotatable bonds is 3. The van der Waals surface area contributed by atoms with Crippen molar-refractivity contribution in [3.05, 3.63) is 29.6 Å². The van der Waals surface area contributed by atoms with Crippen molar-refractivity contribution in [3.8, 4) is 11.4 Å². The summed E-state index contributed by atoms with van der Waals surface area (Å²) in [6.45, 7) is 5.12. The number of fused-ring (bicyclic) bond motifs is 1. The molecule has 0 saturated heterocycles. The van der Waals surface area contributed by atoms with Gasteiger partial charge in [0.1, 0.15) is 0 Å². The fourth-order valence-electron chi connectivity index (χ4n) is 2.06. The van der Waals surface area contributed by atoms with E-state index in [0.29, 0.717) is 10.7 Å². The van der Waals surface area contributed by atoms with E-state index in [4.69, 9.17) is 12.2 Å². The van der Waals surface area contributed by atoms with Gasteiger partial charge in [-0.3, -0.25) is 14.6 Å². The molecule has 6 nitrogen and oxygen atoms in total. The van der Waals surface area contributed by atoms with Crippen LogP contribution in [0, 0.1) is 10.7 Å². The van der Waals surface area contributed by atoms with Crippen LogP contribution in [0.4, 0.5) is 0 Å². The van der Waals surface area contributed by atoms with Crippen molar-refractivity contribution in [2.45, 2.75) is 20.4 Å². The standard InChI is InChI=1S/C12H14N6S/c1-8(2)7-17-11(15-16-12(17)19)9-5-14-18-4-3-13-6-10(9)18/h3-6,8H,7H2,1-2H3,(H,16,19). The van der Waals surface area contributed by atoms with Crippen LogP contribution >= 0.6 is 12.2 Å². The second-order valence-electron chi connectivity index (χ2n) is 4.82. The first kappa shape index (κ1) is 12.0. The van der Waals surface area contributed by atoms with E-state index in [-0.39, 0.29) is 0 Å². The molecular weight excluding hydrogens is 260 g/mol. The molecule has 0 aliphatic rings. The van der Waals surface area contributed by atoms with Gasteiger partial charge in [-0.05, 0) is 18.1 Å². The summed E-state index contributed by atoms with van der Waals surface area (Å²) >= 11 is 5.29. The Bertz CT molecular complexity index is 766. The van der Waals surface area contributed by atoms with Crippen molar-refractivity contribution >= 4 is 17.7 Å². The maximum Gasteiger partial charge on any atom is 0.195 e. The number of hydrogen-bond donors (Lipinski definition) is 1. The zero-order valence-corrected chi connectivity index (χ0v) is 11.6. The number of H-pyrrole nitrogens is 1. The quantitative estimate of drug-likeness (QED) is 0.744. The van der Waals surface area contributed by atoms with Crippen molar-refractivity contribution in [3.63, 3.8) is 0 Å². The van der Waals surface area contributed by atoms with E-state index in [1.165, 1.54) is 0 Å². The largest absolute Gasteiger partial charge is 0.300 e. The van der Waals surface area contributed by atoms with Gasteiger partial charge in [0.25, 0.3) is 0 Å². The molecule has 0 aliphatic carbocycles. The summed E-state index contributed by atoms with van der Waals surface area (Å²) in [5, 5.41) is 11.5. The Labute approximate surface area is 115 Å². The number of nitrogens with one attached hydrogen (secondary N) is 1. The molecule has 0 fully saturated rings. The van der Waals surface area contributed by atoms with E-state index in [1.54, 1.807) is 23.1 Å². The van der Waals surface area contributed by atoms with E-state index in [2.05, 4.69) is 34.1 Å². The molecular formula is C12H14N6S. The van der Waals surface area contributed by atoms with Gasteiger partial charge in [0.05, 0.1) is 23.5 Å². The highest BCUT2D eigenvalue weighted by Crippen LogP contribution is 2.22. The molecule has 0 radical (unpaired) electrons. The van der Waals surface area contributed by atoms with Crippen LogP contribution < -0.4 is 0 Å². The van der Waals surface area contributed by atoms with Gasteiger partial charge < -0.3 is 0 Å². The van der Waals surface area contributed by atoms with Crippen molar-refractivity contribution in [2.24, 2.45) is 5.92 Å². The third-order valence-electron chi connectivity index (χ3n) is 2.87. The predicted molar refractivity (Wildman–Crippen MR) is 74.2 cm³/mol. The number of aromatic amines is 1. The van der Waals surface area contributed by atoms with Gasteiger partial charge in [-0.1, -0.05) is 13.8 Å². The van der Waals surface area contributed by atoms with E-state index < -0.39 is 0 Å². The molecule has 1 N–H and O–H groups in total. The Morgan fingerprint density at radius 1 is 1.37 bits per heavy atom. The Hall–Kier alpha value is -2.02. The average molecular weight is 274 g/mol. The summed E-state index contributed by atoms with van der Waals surface area (Å²) in [4.78, 5) is 4.13. The summed E-state index contributed by atoms with van der Waals surface area (Å²) in [5.41, 5.74) is 1.85. The smallest absolute Gasteiger partial charge is 0.195 e. The molecule has 98 valence electrons. The minimum Gasteiger partial charge on any atom is -0.300 e. The summed E-state index contributed by atoms with van der Waals surface area (Å²) in [5.74, 6) is 1.30. The van der Waals surface area contributed by atoms with Crippen molar-refractivity contribution < 1.29 is 0 Å². The molecule has 0 spiro atoms. The SMILES string of the molecule is CC(C)Cn1c(-c2cnn3ccncc23)n[nH]c1=S. The maximum absolute atomic E-state index is 5.29. The van der Waals surface area contributed by atoms with Gasteiger partial charge >= 0.3 is 0 Å². The van der Waals surface area contributed by atoms with Crippen molar-refractivity contribution in [2.75, 3.05) is 0 Å². The number of hydrogen-bond acceptors (Lipinski definition) is 4. The van der Waals surface area contributed by atoms with Gasteiger partial charge in [0.15, 0.2) is 10.6 Å². The summed E-state index contributed by atoms with van der Waals surface area (Å²) in [6.07, 6.45) is 7.08. The first-order valence-corrected chi connectivity index (χ1v) is 6.50. The zero-order valence-electron chi connectivity index (χ0n) is 10.7. The van der Waals surface area contributed by atoms with Gasteiger partial charge in [-0.15, -0.1) is 0 Å². The molecule has 0 unspecified atom stereocenters. The first-order chi connectivity index (χ1) is 9.16. The lowest BCUT2D eigenvalue weighted by atomic mass is 10.2. The van der Waals surface area contributed by atoms with Crippen LogP contribution in [0.1, 0.15) is 13.8 Å². The molecule has 0 aliphatic heterocycles. The second-order valence-corrected chi connectivity index (χ2v) is 5.21. The van der Waals surface area contributed by atoms with Crippen LogP contribution in [0.5, 0.6) is 0 Å². The van der Waals surface area contributed by atoms with Gasteiger partial charge in [0, 0.05) is 18.9 Å². The number of aromatic nitrogens is 6. The Kier molecular flexibility index (Phi) is 2.90. The minimum absolute atomic E-state index is 0.489. The average Bonchev–Trinajstić information content (AvgIpc) is 2.94. The Balaban J connectivity index is 2.19. The zero-order chi connectivity index (χ0) is 13.4. The molecule has 3 rings (SSSR count). The summed E-state index contributed by atoms with van der Waals surface area (Å²) in [6, 6.07) is 0. The Morgan fingerprint density at radius 3 is 3.00 bits per heavy atom. The maximum atomic E-state index is 5.29. The monoisotopic (exact) mass is 274 g/mol. The molecule has 7 heteroatoms. The van der Waals surface area contributed by atoms with Crippen LogP contribution in [0.2, 0.25) is 0 Å². The minimum atomic E-state index is 0.489. The number of nitrogens with zero attached hydrogens (tertiary/aromatic N) is 5. The molecule has 0 atom stereocenters. The Morgan fingerprint density at radius 2 is 2.21 bits per heavy atom. The van der Waals surface area contributed by atoms with E-state index in [0.717, 1.165) is 23.4 Å². The summed E-state index contributed by atoms with van der Waals surface area (Å²) in [7, 11) is 0. The lowest BCUT2D eigenvalue weighted by Crippen LogP contribution is -2.06. The highest BCUT2D eigenvalue weighted by atomic mass is 32.1. The lowest BCUT2D eigenvalue weighted by Gasteiger charge is -2.08. The van der Waals surface area contributed by atoms with Crippen LogP contribution in [-0.2, 0) is 6.54 Å². The molecule has 0 saturated carbocycles. The van der Waals surface area contributed by atoms with Crippen LogP contribution in [0.25, 0.3) is 16.9 Å². The molecule has 3 heterocycles. The fourth-order valence-corrected chi connectivity index (χ4v) is 2.27. The van der Waals surface area contributed by atoms with E-state index in [9.17, 15) is 0 Å². The van der Waals surface area contributed by atoms with Gasteiger partial charge in [-0.2, -0.15) is 10.2 Å². The van der Waals surface area contributed by atoms with E-state index >= 15 is 0 Å².